The van der Waals surface area contributed by atoms with Crippen LogP contribution in [-0.4, -0.2) is 49.4 Å². The average Bonchev–Trinajstić information content (AvgIpc) is 3.25. The van der Waals surface area contributed by atoms with Gasteiger partial charge >= 0.3 is 5.97 Å². The molecule has 0 radical (unpaired) electrons. The van der Waals surface area contributed by atoms with E-state index in [1.54, 1.807) is 32.9 Å². The number of imidazole rings is 1. The number of aliphatic hydroxyl groups is 2. The second kappa shape index (κ2) is 13.7. The lowest BCUT2D eigenvalue weighted by Crippen LogP contribution is -2.28. The van der Waals surface area contributed by atoms with Gasteiger partial charge in [-0.15, -0.1) is 0 Å². The Labute approximate surface area is 235 Å². The van der Waals surface area contributed by atoms with Gasteiger partial charge in [-0.25, -0.2) is 9.37 Å². The highest BCUT2D eigenvalue weighted by Gasteiger charge is 2.26. The van der Waals surface area contributed by atoms with Crippen molar-refractivity contribution in [1.82, 2.24) is 14.9 Å². The van der Waals surface area contributed by atoms with E-state index in [9.17, 15) is 24.2 Å². The van der Waals surface area contributed by atoms with Crippen LogP contribution in [0.15, 0.2) is 54.6 Å². The van der Waals surface area contributed by atoms with Crippen molar-refractivity contribution in [3.8, 4) is 11.4 Å². The monoisotopic (exact) mass is 553 g/mol. The summed E-state index contributed by atoms with van der Waals surface area (Å²) in [6, 6.07) is 15.4. The molecule has 40 heavy (non-hydrogen) atoms. The van der Waals surface area contributed by atoms with Crippen LogP contribution in [0, 0.1) is 5.82 Å². The first kappa shape index (κ1) is 31.0. The molecule has 0 aliphatic carbocycles. The fourth-order valence-corrected chi connectivity index (χ4v) is 4.49. The minimum Gasteiger partial charge on any atom is -0.460 e. The van der Waals surface area contributed by atoms with Gasteiger partial charge in [0.2, 0.25) is 0 Å². The Bertz CT molecular complexity index is 1270. The molecule has 0 unspecified atom stereocenters. The van der Waals surface area contributed by atoms with Crippen LogP contribution in [0.25, 0.3) is 11.4 Å². The fraction of sp³-hybridized carbons (Fsp3) is 0.452. The summed E-state index contributed by atoms with van der Waals surface area (Å²) >= 11 is 0. The van der Waals surface area contributed by atoms with Gasteiger partial charge in [0.15, 0.2) is 0 Å². The van der Waals surface area contributed by atoms with E-state index in [-0.39, 0.29) is 42.6 Å². The second-order valence-electron chi connectivity index (χ2n) is 11.3. The number of rotatable bonds is 12. The second-order valence-corrected chi connectivity index (χ2v) is 11.3. The summed E-state index contributed by atoms with van der Waals surface area (Å²) in [7, 11) is 0. The third kappa shape index (κ3) is 8.99. The van der Waals surface area contributed by atoms with Gasteiger partial charge < -0.3 is 24.8 Å². The first-order valence-corrected chi connectivity index (χ1v) is 13.6. The standard InChI is InChI=1S/C31H40FN3O5/c1-20(2)28-27(30(39)33-19-21-9-7-6-8-10-21)34-29(22-11-13-23(32)14-12-22)35(28)16-15-24(36)17-25(37)18-26(38)40-31(3,4)5/h6-14,20,24-25,36-37H,15-19H2,1-5H3,(H,33,39)/t24-,25-/m1/s1. The number of nitrogens with one attached hydrogen (secondary N) is 1. The number of hydrogen-bond acceptors (Lipinski definition) is 6. The number of carbonyl (C=O) groups excluding carboxylic acids is 2. The quantitative estimate of drug-likeness (QED) is 0.273. The molecule has 216 valence electrons. The van der Waals surface area contributed by atoms with Crippen molar-refractivity contribution in [3.63, 3.8) is 0 Å². The van der Waals surface area contributed by atoms with Crippen LogP contribution in [0.1, 0.15) is 81.5 Å². The molecule has 9 heteroatoms. The number of amides is 1. The van der Waals surface area contributed by atoms with Crippen molar-refractivity contribution >= 4 is 11.9 Å². The zero-order valence-corrected chi connectivity index (χ0v) is 23.9. The maximum absolute atomic E-state index is 13.7. The van der Waals surface area contributed by atoms with E-state index in [4.69, 9.17) is 9.72 Å². The lowest BCUT2D eigenvalue weighted by atomic mass is 10.0. The molecule has 0 bridgehead atoms. The maximum atomic E-state index is 13.7. The molecule has 3 aromatic rings. The summed E-state index contributed by atoms with van der Waals surface area (Å²) < 4.78 is 20.8. The Morgan fingerprint density at radius 1 is 1.02 bits per heavy atom. The van der Waals surface area contributed by atoms with Gasteiger partial charge in [0.1, 0.15) is 22.9 Å². The summed E-state index contributed by atoms with van der Waals surface area (Å²) in [4.78, 5) is 30.0. The molecule has 0 aliphatic heterocycles. The van der Waals surface area contributed by atoms with Crippen LogP contribution in [-0.2, 0) is 22.6 Å². The minimum absolute atomic E-state index is 0.0126. The average molecular weight is 554 g/mol. The fourth-order valence-electron chi connectivity index (χ4n) is 4.49. The van der Waals surface area contributed by atoms with E-state index in [0.717, 1.165) is 5.56 Å². The Balaban J connectivity index is 1.82. The van der Waals surface area contributed by atoms with E-state index >= 15 is 0 Å². The Kier molecular flexibility index (Phi) is 10.6. The highest BCUT2D eigenvalue weighted by Crippen LogP contribution is 2.29. The molecule has 3 rings (SSSR count). The highest BCUT2D eigenvalue weighted by molar-refractivity contribution is 5.94. The molecular formula is C31H40FN3O5. The molecule has 1 heterocycles. The van der Waals surface area contributed by atoms with Gasteiger partial charge in [0, 0.05) is 18.7 Å². The van der Waals surface area contributed by atoms with E-state index < -0.39 is 23.8 Å². The number of carbonyl (C=O) groups is 2. The zero-order chi connectivity index (χ0) is 29.4. The summed E-state index contributed by atoms with van der Waals surface area (Å²) in [5.74, 6) is -0.859. The number of benzene rings is 2. The molecule has 2 atom stereocenters. The molecule has 0 saturated carbocycles. The number of hydrogen-bond donors (Lipinski definition) is 3. The molecule has 3 N–H and O–H groups in total. The molecule has 0 fully saturated rings. The molecule has 8 nitrogen and oxygen atoms in total. The van der Waals surface area contributed by atoms with E-state index in [0.29, 0.717) is 30.2 Å². The summed E-state index contributed by atoms with van der Waals surface area (Å²) in [6.07, 6.45) is -1.98. The SMILES string of the molecule is CC(C)c1c(C(=O)NCc2ccccc2)nc(-c2ccc(F)cc2)n1CC[C@@H](O)C[C@@H](O)CC(=O)OC(C)(C)C. The van der Waals surface area contributed by atoms with Gasteiger partial charge in [-0.3, -0.25) is 9.59 Å². The lowest BCUT2D eigenvalue weighted by Gasteiger charge is -2.22. The molecule has 0 spiro atoms. The normalized spacial score (nSPS) is 13.2. The lowest BCUT2D eigenvalue weighted by molar-refractivity contribution is -0.157. The van der Waals surface area contributed by atoms with Gasteiger partial charge in [0.25, 0.3) is 5.91 Å². The number of nitrogens with zero attached hydrogens (tertiary/aromatic N) is 2. The Morgan fingerprint density at radius 2 is 1.68 bits per heavy atom. The first-order valence-electron chi connectivity index (χ1n) is 13.6. The predicted octanol–water partition coefficient (Wildman–Crippen LogP) is 4.98. The van der Waals surface area contributed by atoms with Crippen LogP contribution in [0.5, 0.6) is 0 Å². The van der Waals surface area contributed by atoms with Crippen LogP contribution >= 0.6 is 0 Å². The number of aliphatic hydroxyl groups excluding tert-OH is 2. The van der Waals surface area contributed by atoms with Gasteiger partial charge in [0.05, 0.1) is 24.3 Å². The summed E-state index contributed by atoms with van der Waals surface area (Å²) in [5, 5.41) is 24.0. The van der Waals surface area contributed by atoms with Gasteiger partial charge in [-0.05, 0) is 69.4 Å². The molecule has 0 saturated heterocycles. The van der Waals surface area contributed by atoms with Crippen molar-refractivity contribution in [3.05, 3.63) is 77.4 Å². The highest BCUT2D eigenvalue weighted by atomic mass is 19.1. The maximum Gasteiger partial charge on any atom is 0.308 e. The van der Waals surface area contributed by atoms with Crippen molar-refractivity contribution in [2.24, 2.45) is 0 Å². The smallest absolute Gasteiger partial charge is 0.308 e. The van der Waals surface area contributed by atoms with Crippen molar-refractivity contribution in [2.75, 3.05) is 0 Å². The number of aromatic nitrogens is 2. The largest absolute Gasteiger partial charge is 0.460 e. The van der Waals surface area contributed by atoms with E-state index in [1.807, 2.05) is 48.7 Å². The third-order valence-electron chi connectivity index (χ3n) is 6.22. The number of halogens is 1. The van der Waals surface area contributed by atoms with E-state index in [1.165, 1.54) is 12.1 Å². The van der Waals surface area contributed by atoms with Crippen molar-refractivity contribution in [1.29, 1.82) is 0 Å². The molecular weight excluding hydrogens is 513 g/mol. The number of ether oxygens (including phenoxy) is 1. The Morgan fingerprint density at radius 3 is 2.27 bits per heavy atom. The van der Waals surface area contributed by atoms with Crippen LogP contribution in [0.4, 0.5) is 4.39 Å². The van der Waals surface area contributed by atoms with Crippen LogP contribution in [0.3, 0.4) is 0 Å². The molecule has 1 amide bonds. The Hall–Kier alpha value is -3.56. The van der Waals surface area contributed by atoms with Crippen LogP contribution in [0.2, 0.25) is 0 Å². The van der Waals surface area contributed by atoms with E-state index in [2.05, 4.69) is 5.32 Å². The molecule has 2 aromatic carbocycles. The van der Waals surface area contributed by atoms with Gasteiger partial charge in [-0.2, -0.15) is 0 Å². The summed E-state index contributed by atoms with van der Waals surface area (Å²) in [6.45, 7) is 9.78. The molecule has 0 aliphatic rings. The minimum atomic E-state index is -1.06. The molecule has 1 aromatic heterocycles. The van der Waals surface area contributed by atoms with Crippen LogP contribution < -0.4 is 5.32 Å². The zero-order valence-electron chi connectivity index (χ0n) is 23.9. The third-order valence-corrected chi connectivity index (χ3v) is 6.22. The van der Waals surface area contributed by atoms with Crippen molar-refractivity contribution < 1.29 is 28.9 Å². The first-order chi connectivity index (χ1) is 18.8. The number of esters is 1. The predicted molar refractivity (Wildman–Crippen MR) is 151 cm³/mol. The summed E-state index contributed by atoms with van der Waals surface area (Å²) in [5.41, 5.74) is 1.88. The topological polar surface area (TPSA) is 114 Å². The van der Waals surface area contributed by atoms with Gasteiger partial charge in [-0.1, -0.05) is 44.2 Å². The van der Waals surface area contributed by atoms with Crippen molar-refractivity contribution in [2.45, 2.75) is 90.7 Å².